The highest BCUT2D eigenvalue weighted by Crippen LogP contribution is 2.52. The molecule has 0 atom stereocenters. The number of nitrogens with zero attached hydrogens (tertiary/aromatic N) is 2. The topological polar surface area (TPSA) is 21.3 Å². The Labute approximate surface area is 379 Å². The highest BCUT2D eigenvalue weighted by Gasteiger charge is 2.36. The maximum absolute atomic E-state index is 6.89. The molecule has 65 heavy (non-hydrogen) atoms. The number of hydrogen-bond donors (Lipinski definition) is 0. The zero-order valence-corrected chi connectivity index (χ0v) is 36.7. The lowest BCUT2D eigenvalue weighted by molar-refractivity contribution is 0.660. The van der Waals surface area contributed by atoms with E-state index in [1.807, 2.05) is 11.3 Å². The third-order valence-electron chi connectivity index (χ3n) is 14.1. The third-order valence-corrected chi connectivity index (χ3v) is 15.3. The molecule has 3 aromatic heterocycles. The van der Waals surface area contributed by atoms with E-state index in [-0.39, 0.29) is 5.41 Å². The highest BCUT2D eigenvalue weighted by molar-refractivity contribution is 7.25. The highest BCUT2D eigenvalue weighted by atomic mass is 32.1. The van der Waals surface area contributed by atoms with Gasteiger partial charge >= 0.3 is 0 Å². The van der Waals surface area contributed by atoms with Crippen LogP contribution >= 0.6 is 11.3 Å². The van der Waals surface area contributed by atoms with Gasteiger partial charge in [0.15, 0.2) is 0 Å². The summed E-state index contributed by atoms with van der Waals surface area (Å²) in [5, 5.41) is 9.66. The van der Waals surface area contributed by atoms with Crippen molar-refractivity contribution < 1.29 is 4.42 Å². The van der Waals surface area contributed by atoms with Gasteiger partial charge in [-0.2, -0.15) is 0 Å². The summed E-state index contributed by atoms with van der Waals surface area (Å²) < 4.78 is 12.0. The van der Waals surface area contributed by atoms with Crippen LogP contribution in [0.15, 0.2) is 211 Å². The van der Waals surface area contributed by atoms with E-state index in [2.05, 4.69) is 230 Å². The standard InChI is InChI=1S/C61H40N2OS/c1-61(2)53-21-11-8-18-44(53)45-27-25-42(36-54(45)61)62(40-16-4-3-5-17-40)43-34-48(60-52(35-43)46-19-9-12-22-57(46)64-60)39-24-28-55-49(31-39)50-30-37-14-6-7-15-38(37)32-56(50)63(55)41-26-29-59-51(33-41)47-20-10-13-23-58(47)65-59/h3-36H,1-2H3. The van der Waals surface area contributed by atoms with Gasteiger partial charge in [-0.05, 0) is 130 Å². The molecular weight excluding hydrogens is 809 g/mol. The Morgan fingerprint density at radius 1 is 0.431 bits per heavy atom. The Morgan fingerprint density at radius 3 is 2.05 bits per heavy atom. The van der Waals surface area contributed by atoms with Gasteiger partial charge in [-0.3, -0.25) is 0 Å². The minimum Gasteiger partial charge on any atom is -0.455 e. The molecule has 0 saturated carbocycles. The first-order valence-corrected chi connectivity index (χ1v) is 23.2. The van der Waals surface area contributed by atoms with Crippen LogP contribution in [-0.4, -0.2) is 4.57 Å². The number of rotatable bonds is 5. The van der Waals surface area contributed by atoms with Crippen LogP contribution in [-0.2, 0) is 5.41 Å². The molecule has 1 aliphatic rings. The quantitative estimate of drug-likeness (QED) is 0.172. The Kier molecular flexibility index (Phi) is 7.62. The van der Waals surface area contributed by atoms with Crippen LogP contribution in [0.25, 0.3) is 103 Å². The lowest BCUT2D eigenvalue weighted by atomic mass is 9.82. The van der Waals surface area contributed by atoms with Gasteiger partial charge in [0.05, 0.1) is 11.0 Å². The van der Waals surface area contributed by atoms with Gasteiger partial charge in [0.1, 0.15) is 11.2 Å². The van der Waals surface area contributed by atoms with E-state index in [1.165, 1.54) is 75.0 Å². The fraction of sp³-hybridized carbons (Fsp3) is 0.0492. The summed E-state index contributed by atoms with van der Waals surface area (Å²) in [6.45, 7) is 4.71. The van der Waals surface area contributed by atoms with Gasteiger partial charge in [-0.1, -0.05) is 129 Å². The van der Waals surface area contributed by atoms with E-state index < -0.39 is 0 Å². The Balaban J connectivity index is 1.02. The molecule has 0 spiro atoms. The summed E-state index contributed by atoms with van der Waals surface area (Å²) in [6.07, 6.45) is 0. The molecule has 4 heteroatoms. The molecule has 306 valence electrons. The average molecular weight is 849 g/mol. The predicted molar refractivity (Wildman–Crippen MR) is 276 cm³/mol. The van der Waals surface area contributed by atoms with Crippen molar-refractivity contribution in [2.24, 2.45) is 0 Å². The molecule has 0 unspecified atom stereocenters. The lowest BCUT2D eigenvalue weighted by Gasteiger charge is -2.28. The molecule has 1 aliphatic carbocycles. The SMILES string of the molecule is CC1(C)c2ccccc2-c2ccc(N(c3ccccc3)c3cc(-c4ccc5c(c4)c4cc6ccccc6cc4n5-c4ccc5sc6ccccc6c5c4)c4oc5ccccc5c4c3)cc21. The summed E-state index contributed by atoms with van der Waals surface area (Å²) in [7, 11) is 0. The molecule has 0 radical (unpaired) electrons. The molecular formula is C61H40N2OS. The van der Waals surface area contributed by atoms with E-state index in [1.54, 1.807) is 0 Å². The number of furan rings is 1. The van der Waals surface area contributed by atoms with Crippen LogP contribution in [0.1, 0.15) is 25.0 Å². The van der Waals surface area contributed by atoms with Gasteiger partial charge in [0, 0.05) is 75.4 Å². The van der Waals surface area contributed by atoms with Crippen LogP contribution in [0.3, 0.4) is 0 Å². The number of benzene rings is 10. The van der Waals surface area contributed by atoms with Crippen molar-refractivity contribution in [3.63, 3.8) is 0 Å². The van der Waals surface area contributed by atoms with Gasteiger partial charge in [0.2, 0.25) is 0 Å². The summed E-state index contributed by atoms with van der Waals surface area (Å²) in [4.78, 5) is 2.42. The number of fused-ring (bicyclic) bond motifs is 13. The number of anilines is 3. The number of aromatic nitrogens is 1. The van der Waals surface area contributed by atoms with E-state index in [9.17, 15) is 0 Å². The zero-order valence-electron chi connectivity index (χ0n) is 35.8. The largest absolute Gasteiger partial charge is 0.455 e. The molecule has 3 heterocycles. The van der Waals surface area contributed by atoms with Gasteiger partial charge in [-0.15, -0.1) is 11.3 Å². The molecule has 13 aromatic rings. The molecule has 0 N–H and O–H groups in total. The van der Waals surface area contributed by atoms with Gasteiger partial charge < -0.3 is 13.9 Å². The monoisotopic (exact) mass is 848 g/mol. The van der Waals surface area contributed by atoms with Crippen LogP contribution in [0, 0.1) is 0 Å². The van der Waals surface area contributed by atoms with Gasteiger partial charge in [-0.25, -0.2) is 0 Å². The third kappa shape index (κ3) is 5.35. The Morgan fingerprint density at radius 2 is 1.15 bits per heavy atom. The minimum absolute atomic E-state index is 0.136. The molecule has 0 saturated heterocycles. The molecule has 0 bridgehead atoms. The number of para-hydroxylation sites is 2. The first kappa shape index (κ1) is 36.6. The first-order chi connectivity index (χ1) is 32.0. The molecule has 0 aliphatic heterocycles. The molecule has 3 nitrogen and oxygen atoms in total. The van der Waals surface area contributed by atoms with E-state index >= 15 is 0 Å². The van der Waals surface area contributed by atoms with Crippen molar-refractivity contribution in [3.8, 4) is 27.9 Å². The van der Waals surface area contributed by atoms with Crippen LogP contribution in [0.4, 0.5) is 17.1 Å². The predicted octanol–water partition coefficient (Wildman–Crippen LogP) is 17.6. The summed E-state index contributed by atoms with van der Waals surface area (Å²) in [5.41, 5.74) is 15.9. The summed E-state index contributed by atoms with van der Waals surface area (Å²) in [5.74, 6) is 0. The molecule has 14 rings (SSSR count). The van der Waals surface area contributed by atoms with Crippen molar-refractivity contribution in [3.05, 3.63) is 217 Å². The van der Waals surface area contributed by atoms with E-state index in [0.717, 1.165) is 55.8 Å². The van der Waals surface area contributed by atoms with Crippen molar-refractivity contribution in [2.75, 3.05) is 4.90 Å². The number of hydrogen-bond acceptors (Lipinski definition) is 3. The summed E-state index contributed by atoms with van der Waals surface area (Å²) >= 11 is 1.86. The van der Waals surface area contributed by atoms with Crippen LogP contribution < -0.4 is 4.90 Å². The van der Waals surface area contributed by atoms with Crippen LogP contribution in [0.2, 0.25) is 0 Å². The van der Waals surface area contributed by atoms with E-state index in [4.69, 9.17) is 4.42 Å². The molecule has 0 fully saturated rings. The average Bonchev–Trinajstić information content (AvgIpc) is 4.07. The van der Waals surface area contributed by atoms with Crippen molar-refractivity contribution in [1.29, 1.82) is 0 Å². The second-order valence-corrected chi connectivity index (χ2v) is 19.2. The Hall–Kier alpha value is -7.92. The maximum Gasteiger partial charge on any atom is 0.143 e. The first-order valence-electron chi connectivity index (χ1n) is 22.4. The van der Waals surface area contributed by atoms with E-state index in [0.29, 0.717) is 0 Å². The Bertz CT molecular complexity index is 4110. The smallest absolute Gasteiger partial charge is 0.143 e. The minimum atomic E-state index is -0.136. The van der Waals surface area contributed by atoms with Crippen molar-refractivity contribution >= 4 is 103 Å². The molecule has 0 amide bonds. The normalized spacial score (nSPS) is 13.2. The second-order valence-electron chi connectivity index (χ2n) is 18.1. The molecule has 10 aromatic carbocycles. The van der Waals surface area contributed by atoms with Crippen molar-refractivity contribution in [2.45, 2.75) is 19.3 Å². The lowest BCUT2D eigenvalue weighted by Crippen LogP contribution is -2.16. The fourth-order valence-electron chi connectivity index (χ4n) is 11.0. The summed E-state index contributed by atoms with van der Waals surface area (Å²) in [6, 6.07) is 76.0. The number of thiophene rings is 1. The fourth-order valence-corrected chi connectivity index (χ4v) is 12.1. The van der Waals surface area contributed by atoms with Crippen LogP contribution in [0.5, 0.6) is 0 Å². The maximum atomic E-state index is 6.89. The zero-order chi connectivity index (χ0) is 43.0. The van der Waals surface area contributed by atoms with Crippen molar-refractivity contribution in [1.82, 2.24) is 4.57 Å². The van der Waals surface area contributed by atoms with Gasteiger partial charge in [0.25, 0.3) is 0 Å². The second kappa shape index (κ2) is 13.5.